The first-order valence-corrected chi connectivity index (χ1v) is 12.5. The number of methoxy groups -OCH3 is 2. The molecule has 1 N–H and O–H groups in total. The number of rotatable bonds is 5. The molecule has 0 saturated carbocycles. The van der Waals surface area contributed by atoms with E-state index in [-0.39, 0.29) is 26.7 Å². The molecule has 3 heterocycles. The molecule has 1 aromatic heterocycles. The summed E-state index contributed by atoms with van der Waals surface area (Å²) in [6.45, 7) is 2.28. The number of ketones is 1. The molecule has 0 unspecified atom stereocenters. The van der Waals surface area contributed by atoms with Crippen molar-refractivity contribution in [1.29, 1.82) is 0 Å². The zero-order valence-electron chi connectivity index (χ0n) is 21.0. The van der Waals surface area contributed by atoms with Crippen LogP contribution in [-0.2, 0) is 19.1 Å². The minimum absolute atomic E-state index is 0.0678. The molecular formula is C27H22N2O9S. The summed E-state index contributed by atoms with van der Waals surface area (Å²) in [5.41, 5.74) is 1.01. The number of aliphatic hydroxyl groups excluding tert-OH is 1. The number of carbonyl (C=O) groups is 4. The number of anilines is 1. The number of carbonyl (C=O) groups excluding carboxylic acids is 4. The van der Waals surface area contributed by atoms with Crippen LogP contribution in [0.15, 0.2) is 48.0 Å². The van der Waals surface area contributed by atoms with Crippen molar-refractivity contribution in [3.8, 4) is 11.5 Å². The van der Waals surface area contributed by atoms with Gasteiger partial charge in [0, 0.05) is 5.56 Å². The third kappa shape index (κ3) is 4.48. The van der Waals surface area contributed by atoms with E-state index < -0.39 is 35.4 Å². The van der Waals surface area contributed by atoms with E-state index in [1.54, 1.807) is 31.2 Å². The van der Waals surface area contributed by atoms with E-state index in [4.69, 9.17) is 18.9 Å². The number of aromatic nitrogens is 1. The van der Waals surface area contributed by atoms with E-state index in [0.717, 1.165) is 16.2 Å². The molecule has 39 heavy (non-hydrogen) atoms. The molecule has 0 bridgehead atoms. The van der Waals surface area contributed by atoms with Gasteiger partial charge in [-0.25, -0.2) is 14.6 Å². The summed E-state index contributed by atoms with van der Waals surface area (Å²) in [5.74, 6) is -2.65. The first-order chi connectivity index (χ1) is 18.7. The number of ether oxygens (including phenoxy) is 4. The molecule has 0 radical (unpaired) electrons. The normalized spacial score (nSPS) is 17.7. The summed E-state index contributed by atoms with van der Waals surface area (Å²) in [6, 6.07) is 9.63. The van der Waals surface area contributed by atoms with Crippen molar-refractivity contribution in [2.24, 2.45) is 0 Å². The number of aliphatic hydroxyl groups is 1. The van der Waals surface area contributed by atoms with Gasteiger partial charge >= 0.3 is 17.8 Å². The van der Waals surface area contributed by atoms with Gasteiger partial charge in [-0.1, -0.05) is 23.5 Å². The average molecular weight is 551 g/mol. The number of benzene rings is 2. The van der Waals surface area contributed by atoms with E-state index in [9.17, 15) is 24.3 Å². The fourth-order valence-electron chi connectivity index (χ4n) is 4.38. The number of hydrogen-bond acceptors (Lipinski definition) is 11. The van der Waals surface area contributed by atoms with Crippen LogP contribution in [0.1, 0.15) is 42.9 Å². The summed E-state index contributed by atoms with van der Waals surface area (Å²) in [4.78, 5) is 56.7. The van der Waals surface area contributed by atoms with Crippen LogP contribution in [0.2, 0.25) is 0 Å². The van der Waals surface area contributed by atoms with Crippen LogP contribution in [0.25, 0.3) is 5.76 Å². The van der Waals surface area contributed by atoms with E-state index in [2.05, 4.69) is 4.98 Å². The van der Waals surface area contributed by atoms with Crippen LogP contribution < -0.4 is 14.4 Å². The van der Waals surface area contributed by atoms with Crippen molar-refractivity contribution in [1.82, 2.24) is 4.98 Å². The molecule has 200 valence electrons. The molecule has 2 aliphatic rings. The van der Waals surface area contributed by atoms with Crippen LogP contribution >= 0.6 is 11.3 Å². The van der Waals surface area contributed by atoms with Crippen molar-refractivity contribution in [2.75, 3.05) is 32.3 Å². The van der Waals surface area contributed by atoms with Gasteiger partial charge in [-0.3, -0.25) is 14.5 Å². The van der Waals surface area contributed by atoms with Gasteiger partial charge in [0.05, 0.1) is 37.1 Å². The van der Waals surface area contributed by atoms with E-state index in [1.807, 2.05) is 0 Å². The number of thiazole rings is 1. The highest BCUT2D eigenvalue weighted by atomic mass is 32.1. The molecule has 1 fully saturated rings. The predicted molar refractivity (Wildman–Crippen MR) is 138 cm³/mol. The van der Waals surface area contributed by atoms with Gasteiger partial charge in [0.1, 0.15) is 23.9 Å². The third-order valence-corrected chi connectivity index (χ3v) is 7.41. The Bertz CT molecular complexity index is 1540. The maximum absolute atomic E-state index is 13.4. The third-order valence-electron chi connectivity index (χ3n) is 6.27. The van der Waals surface area contributed by atoms with Crippen molar-refractivity contribution in [3.05, 3.63) is 75.3 Å². The lowest BCUT2D eigenvalue weighted by Gasteiger charge is -2.23. The topological polar surface area (TPSA) is 142 Å². The molecule has 0 spiro atoms. The van der Waals surface area contributed by atoms with Gasteiger partial charge in [0.25, 0.3) is 5.78 Å². The lowest BCUT2D eigenvalue weighted by molar-refractivity contribution is -0.132. The Kier molecular flexibility index (Phi) is 6.79. The van der Waals surface area contributed by atoms with Gasteiger partial charge in [0.15, 0.2) is 16.6 Å². The Morgan fingerprint density at radius 2 is 1.62 bits per heavy atom. The zero-order chi connectivity index (χ0) is 27.8. The van der Waals surface area contributed by atoms with Gasteiger partial charge in [-0.15, -0.1) is 0 Å². The Hall–Kier alpha value is -4.71. The molecule has 3 aromatic rings. The van der Waals surface area contributed by atoms with Gasteiger partial charge in [0.2, 0.25) is 0 Å². The van der Waals surface area contributed by atoms with E-state index in [1.165, 1.54) is 32.4 Å². The Labute approximate surface area is 226 Å². The molecule has 5 rings (SSSR count). The number of amides is 1. The SMILES string of the molecule is COC(=O)c1ccc([C@@H]2C(=C(O)c3ccc4c(c3)OCCO4)C(=O)C(=O)N2c2nc(C)c(C(=O)OC)s2)cc1. The fourth-order valence-corrected chi connectivity index (χ4v) is 5.39. The van der Waals surface area contributed by atoms with Crippen molar-refractivity contribution in [2.45, 2.75) is 13.0 Å². The van der Waals surface area contributed by atoms with Gasteiger partial charge in [-0.05, 0) is 42.8 Å². The first kappa shape index (κ1) is 25.9. The number of nitrogens with zero attached hydrogens (tertiary/aromatic N) is 2. The number of aryl methyl sites for hydroxylation is 1. The maximum atomic E-state index is 13.4. The minimum atomic E-state index is -1.12. The predicted octanol–water partition coefficient (Wildman–Crippen LogP) is 3.42. The van der Waals surface area contributed by atoms with Crippen LogP contribution in [0.4, 0.5) is 5.13 Å². The highest BCUT2D eigenvalue weighted by Gasteiger charge is 2.48. The van der Waals surface area contributed by atoms with Crippen molar-refractivity contribution >= 4 is 45.9 Å². The molecular weight excluding hydrogens is 528 g/mol. The second-order valence-corrected chi connectivity index (χ2v) is 9.52. The highest BCUT2D eigenvalue weighted by molar-refractivity contribution is 7.17. The van der Waals surface area contributed by atoms with E-state index in [0.29, 0.717) is 36.0 Å². The number of hydrogen-bond donors (Lipinski definition) is 1. The second kappa shape index (κ2) is 10.2. The van der Waals surface area contributed by atoms with Crippen LogP contribution in [0.3, 0.4) is 0 Å². The molecule has 1 amide bonds. The van der Waals surface area contributed by atoms with Crippen LogP contribution in [0, 0.1) is 6.92 Å². The van der Waals surface area contributed by atoms with Crippen LogP contribution in [0.5, 0.6) is 11.5 Å². The molecule has 11 nitrogen and oxygen atoms in total. The average Bonchev–Trinajstić information content (AvgIpc) is 3.47. The standard InChI is InChI=1S/C27H22N2O9S/c1-13-23(26(34)36-3)39-27(28-13)29-20(14-4-6-15(7-5-14)25(33)35-2)19(22(31)24(29)32)21(30)16-8-9-17-18(12-16)38-11-10-37-17/h4-9,12,20,30H,10-11H2,1-3H3/t20-/m1/s1. The Morgan fingerprint density at radius 3 is 2.28 bits per heavy atom. The summed E-state index contributed by atoms with van der Waals surface area (Å²) in [7, 11) is 2.48. The first-order valence-electron chi connectivity index (χ1n) is 11.7. The minimum Gasteiger partial charge on any atom is -0.507 e. The summed E-state index contributed by atoms with van der Waals surface area (Å²) < 4.78 is 20.7. The number of fused-ring (bicyclic) bond motifs is 1. The quantitative estimate of drug-likeness (QED) is 0.217. The summed E-state index contributed by atoms with van der Waals surface area (Å²) in [6.07, 6.45) is 0. The zero-order valence-corrected chi connectivity index (χ0v) is 21.9. The lowest BCUT2D eigenvalue weighted by atomic mass is 9.94. The highest BCUT2D eigenvalue weighted by Crippen LogP contribution is 2.44. The summed E-state index contributed by atoms with van der Waals surface area (Å²) in [5, 5.41) is 11.5. The molecule has 1 saturated heterocycles. The molecule has 2 aliphatic heterocycles. The van der Waals surface area contributed by atoms with Gasteiger partial charge < -0.3 is 24.1 Å². The van der Waals surface area contributed by atoms with Crippen molar-refractivity contribution in [3.63, 3.8) is 0 Å². The largest absolute Gasteiger partial charge is 0.507 e. The molecule has 2 aromatic carbocycles. The van der Waals surface area contributed by atoms with Crippen molar-refractivity contribution < 1.29 is 43.2 Å². The smallest absolute Gasteiger partial charge is 0.350 e. The fraction of sp³-hybridized carbons (Fsp3) is 0.222. The number of esters is 2. The Morgan fingerprint density at radius 1 is 0.974 bits per heavy atom. The molecule has 1 atom stereocenters. The maximum Gasteiger partial charge on any atom is 0.350 e. The van der Waals surface area contributed by atoms with E-state index >= 15 is 0 Å². The van der Waals surface area contributed by atoms with Gasteiger partial charge in [-0.2, -0.15) is 0 Å². The second-order valence-electron chi connectivity index (χ2n) is 8.54. The molecule has 12 heteroatoms. The monoisotopic (exact) mass is 550 g/mol. The lowest BCUT2D eigenvalue weighted by Crippen LogP contribution is -2.29. The van der Waals surface area contributed by atoms with Crippen LogP contribution in [-0.4, -0.2) is 61.2 Å². The Balaban J connectivity index is 1.68. The molecule has 0 aliphatic carbocycles. The number of Topliss-reactive ketones (excluding diaryl/α,β-unsaturated/α-hetero) is 1. The summed E-state index contributed by atoms with van der Waals surface area (Å²) >= 11 is 0.886.